The molecule has 3 rings (SSSR count). The molecule has 3 heterocycles. The summed E-state index contributed by atoms with van der Waals surface area (Å²) in [6, 6.07) is 0. The van der Waals surface area contributed by atoms with Gasteiger partial charge in [0.1, 0.15) is 11.4 Å². The van der Waals surface area contributed by atoms with E-state index in [1.54, 1.807) is 0 Å². The Labute approximate surface area is 210 Å². The minimum absolute atomic E-state index is 0.253. The van der Waals surface area contributed by atoms with E-state index in [1.807, 2.05) is 0 Å². The summed E-state index contributed by atoms with van der Waals surface area (Å²) < 4.78 is 31.4. The molecule has 1 saturated heterocycles. The molecular weight excluding hydrogens is 498 g/mol. The molecule has 4 atom stereocenters. The first-order chi connectivity index (χ1) is 17.4. The van der Waals surface area contributed by atoms with E-state index in [4.69, 9.17) is 28.4 Å². The van der Waals surface area contributed by atoms with Crippen LogP contribution in [-0.4, -0.2) is 98.0 Å². The molecule has 0 aromatic carbocycles. The summed E-state index contributed by atoms with van der Waals surface area (Å²) >= 11 is 0. The monoisotopic (exact) mass is 523 g/mol. The second-order valence-corrected chi connectivity index (χ2v) is 7.95. The van der Waals surface area contributed by atoms with Crippen molar-refractivity contribution >= 4 is 41.5 Å². The van der Waals surface area contributed by atoms with Crippen LogP contribution in [0.1, 0.15) is 51.8 Å². The smallest absolute Gasteiger partial charge is 0.344 e. The number of amides is 2. The number of rotatable bonds is 7. The van der Waals surface area contributed by atoms with Crippen LogP contribution in [0.15, 0.2) is 0 Å². The van der Waals surface area contributed by atoms with Gasteiger partial charge in [-0.2, -0.15) is 4.98 Å². The van der Waals surface area contributed by atoms with Gasteiger partial charge >= 0.3 is 23.9 Å². The predicted octanol–water partition coefficient (Wildman–Crippen LogP) is -0.334. The van der Waals surface area contributed by atoms with Gasteiger partial charge in [-0.1, -0.05) is 0 Å². The maximum Gasteiger partial charge on any atom is 0.344 e. The van der Waals surface area contributed by atoms with E-state index in [9.17, 15) is 28.8 Å². The number of fused-ring (bicyclic) bond motifs is 1. The van der Waals surface area contributed by atoms with Crippen LogP contribution >= 0.6 is 0 Å². The highest BCUT2D eigenvalue weighted by Gasteiger charge is 2.49. The number of hydrogen-bond acceptors (Lipinski definition) is 14. The zero-order valence-electron chi connectivity index (χ0n) is 20.8. The third-order valence-electron chi connectivity index (χ3n) is 5.41. The van der Waals surface area contributed by atoms with Crippen LogP contribution in [0.4, 0.5) is 5.82 Å². The van der Waals surface area contributed by atoms with E-state index < -0.39 is 60.2 Å². The Hall–Kier alpha value is -4.27. The largest absolute Gasteiger partial charge is 0.480 e. The van der Waals surface area contributed by atoms with Gasteiger partial charge in [-0.25, -0.2) is 4.79 Å². The van der Waals surface area contributed by atoms with Crippen molar-refractivity contribution in [2.45, 2.75) is 45.3 Å². The molecule has 15 heteroatoms. The van der Waals surface area contributed by atoms with Gasteiger partial charge in [0.2, 0.25) is 5.88 Å². The highest BCUT2D eigenvalue weighted by Crippen LogP contribution is 2.36. The molecule has 1 N–H and O–H groups in total. The number of anilines is 1. The van der Waals surface area contributed by atoms with E-state index in [2.05, 4.69) is 10.3 Å². The summed E-state index contributed by atoms with van der Waals surface area (Å²) in [5.74, 6) is -5.40. The Morgan fingerprint density at radius 3 is 2.03 bits per heavy atom. The molecule has 0 radical (unpaired) electrons. The van der Waals surface area contributed by atoms with Gasteiger partial charge in [0.25, 0.3) is 11.8 Å². The van der Waals surface area contributed by atoms with E-state index in [-0.39, 0.29) is 35.0 Å². The number of carbonyl (C=O) groups is 6. The number of imide groups is 1. The van der Waals surface area contributed by atoms with Crippen molar-refractivity contribution in [1.82, 2.24) is 9.88 Å². The van der Waals surface area contributed by atoms with Gasteiger partial charge in [-0.05, 0) is 0 Å². The maximum atomic E-state index is 13.0. The summed E-state index contributed by atoms with van der Waals surface area (Å²) in [4.78, 5) is 78.5. The lowest BCUT2D eigenvalue weighted by atomic mass is 10.0. The zero-order valence-corrected chi connectivity index (χ0v) is 20.8. The summed E-state index contributed by atoms with van der Waals surface area (Å²) in [7, 11) is 3.48. The van der Waals surface area contributed by atoms with Gasteiger partial charge in [-0.3, -0.25) is 28.9 Å². The van der Waals surface area contributed by atoms with Gasteiger partial charge in [0.05, 0.1) is 32.0 Å². The first-order valence-electron chi connectivity index (χ1n) is 10.8. The number of methoxy groups -OCH3 is 2. The van der Waals surface area contributed by atoms with Crippen LogP contribution in [0.5, 0.6) is 5.88 Å². The quantitative estimate of drug-likeness (QED) is 0.278. The lowest BCUT2D eigenvalue weighted by Crippen LogP contribution is -2.59. The first kappa shape index (κ1) is 27.3. The van der Waals surface area contributed by atoms with E-state index in [0.717, 1.165) is 32.8 Å². The molecule has 1 fully saturated rings. The molecular formula is C22H25N3O12. The highest BCUT2D eigenvalue weighted by molar-refractivity contribution is 6.26. The molecule has 1 aromatic heterocycles. The lowest BCUT2D eigenvalue weighted by molar-refractivity contribution is -0.221. The van der Waals surface area contributed by atoms with Crippen LogP contribution < -0.4 is 10.1 Å². The molecule has 1 aromatic rings. The third-order valence-corrected chi connectivity index (χ3v) is 5.41. The Morgan fingerprint density at radius 1 is 0.919 bits per heavy atom. The fourth-order valence-electron chi connectivity index (χ4n) is 3.96. The van der Waals surface area contributed by atoms with Crippen LogP contribution in [0.3, 0.4) is 0 Å². The van der Waals surface area contributed by atoms with Crippen molar-refractivity contribution in [3.8, 4) is 5.88 Å². The molecule has 15 nitrogen and oxygen atoms in total. The van der Waals surface area contributed by atoms with Crippen molar-refractivity contribution in [1.29, 1.82) is 0 Å². The number of nitrogens with one attached hydrogen (secondary N) is 1. The molecule has 37 heavy (non-hydrogen) atoms. The minimum atomic E-state index is -1.40. The number of aromatic nitrogens is 1. The Morgan fingerprint density at radius 2 is 1.49 bits per heavy atom. The van der Waals surface area contributed by atoms with Crippen LogP contribution in [-0.2, 0) is 38.1 Å². The van der Waals surface area contributed by atoms with Crippen molar-refractivity contribution in [2.75, 3.05) is 33.2 Å². The molecule has 0 spiro atoms. The minimum Gasteiger partial charge on any atom is -0.480 e. The van der Waals surface area contributed by atoms with E-state index >= 15 is 0 Å². The zero-order chi connectivity index (χ0) is 27.6. The SMILES string of the molecule is COC(=O)c1c(OC)nc(N[C@@H]2OC[C@@H](OC(C)=O)[C@H](OC(C)=O)[C@H]2OC(C)=O)c2c1C(=O)N(C)C2=O. The standard InChI is InChI=1S/C22H25N3O12/c1-8(26)35-11-7-34-19(16(37-10(3)28)15(11)36-9(2)27)24-17-13-12(20(29)25(4)21(13)30)14(22(31)33-6)18(23-17)32-5/h11,15-16,19H,7H2,1-6H3,(H,23,24)/t11-,15+,16-,19-/m1/s1. The molecule has 2 aliphatic heterocycles. The first-order valence-corrected chi connectivity index (χ1v) is 10.8. The second kappa shape index (κ2) is 10.8. The van der Waals surface area contributed by atoms with Crippen LogP contribution in [0.2, 0.25) is 0 Å². The predicted molar refractivity (Wildman–Crippen MR) is 119 cm³/mol. The number of pyridine rings is 1. The highest BCUT2D eigenvalue weighted by atomic mass is 16.6. The third kappa shape index (κ3) is 5.30. The number of nitrogens with zero attached hydrogens (tertiary/aromatic N) is 2. The maximum absolute atomic E-state index is 13.0. The van der Waals surface area contributed by atoms with E-state index in [1.165, 1.54) is 14.2 Å². The van der Waals surface area contributed by atoms with Crippen molar-refractivity contribution in [2.24, 2.45) is 0 Å². The Balaban J connectivity index is 2.12. The average Bonchev–Trinajstić information content (AvgIpc) is 3.05. The topological polar surface area (TPSA) is 186 Å². The molecule has 0 unspecified atom stereocenters. The van der Waals surface area contributed by atoms with Crippen molar-refractivity contribution in [3.63, 3.8) is 0 Å². The van der Waals surface area contributed by atoms with Gasteiger partial charge < -0.3 is 33.7 Å². The normalized spacial score (nSPS) is 22.6. The second-order valence-electron chi connectivity index (χ2n) is 7.95. The summed E-state index contributed by atoms with van der Waals surface area (Å²) in [5, 5.41) is 2.77. The number of ether oxygens (including phenoxy) is 6. The van der Waals surface area contributed by atoms with Crippen molar-refractivity contribution in [3.05, 3.63) is 16.7 Å². The summed E-state index contributed by atoms with van der Waals surface area (Å²) in [6.45, 7) is 3.04. The van der Waals surface area contributed by atoms with E-state index in [0.29, 0.717) is 0 Å². The Kier molecular flexibility index (Phi) is 7.96. The molecule has 0 aliphatic carbocycles. The molecule has 2 amide bonds. The Bertz CT molecular complexity index is 1170. The molecule has 0 bridgehead atoms. The van der Waals surface area contributed by atoms with Gasteiger partial charge in [0, 0.05) is 27.8 Å². The van der Waals surface area contributed by atoms with Gasteiger partial charge in [0.15, 0.2) is 24.5 Å². The van der Waals surface area contributed by atoms with Crippen LogP contribution in [0, 0.1) is 0 Å². The number of carbonyl (C=O) groups excluding carboxylic acids is 6. The molecule has 0 saturated carbocycles. The van der Waals surface area contributed by atoms with Crippen molar-refractivity contribution < 1.29 is 57.2 Å². The molecule has 200 valence electrons. The van der Waals surface area contributed by atoms with Gasteiger partial charge in [-0.15, -0.1) is 0 Å². The summed E-state index contributed by atoms with van der Waals surface area (Å²) in [6.07, 6.45) is -5.15. The average molecular weight is 523 g/mol. The molecule has 2 aliphatic rings. The summed E-state index contributed by atoms with van der Waals surface area (Å²) in [5.41, 5.74) is -0.963. The lowest BCUT2D eigenvalue weighted by Gasteiger charge is -2.40. The number of esters is 4. The number of hydrogen-bond donors (Lipinski definition) is 1. The fourth-order valence-corrected chi connectivity index (χ4v) is 3.96. The fraction of sp³-hybridized carbons (Fsp3) is 0.500. The van der Waals surface area contributed by atoms with Crippen LogP contribution in [0.25, 0.3) is 0 Å².